The standard InChI is InChI=1S/C20H21ClN4O2/c1-14-19(25-13-16(21)4-7-18(25)23-14)20(26)22-12-15-2-5-17(6-3-15)24-8-10-27-11-9-24/h2-7,13H,8-12H2,1H3,(H,22,26). The Balaban J connectivity index is 1.45. The highest BCUT2D eigenvalue weighted by Gasteiger charge is 2.17. The summed E-state index contributed by atoms with van der Waals surface area (Å²) >= 11 is 6.06. The van der Waals surface area contributed by atoms with Gasteiger partial charge in [-0.2, -0.15) is 0 Å². The number of aryl methyl sites for hydroxylation is 1. The number of hydrogen-bond donors (Lipinski definition) is 1. The number of carbonyl (C=O) groups is 1. The predicted octanol–water partition coefficient (Wildman–Crippen LogP) is 3.06. The number of pyridine rings is 1. The van der Waals surface area contributed by atoms with Crippen molar-refractivity contribution in [2.45, 2.75) is 13.5 Å². The Morgan fingerprint density at radius 2 is 1.93 bits per heavy atom. The molecule has 0 saturated carbocycles. The number of hydrogen-bond acceptors (Lipinski definition) is 4. The number of rotatable bonds is 4. The maximum Gasteiger partial charge on any atom is 0.270 e. The van der Waals surface area contributed by atoms with E-state index in [2.05, 4.69) is 27.3 Å². The molecule has 1 amide bonds. The fourth-order valence-corrected chi connectivity index (χ4v) is 3.48. The summed E-state index contributed by atoms with van der Waals surface area (Å²) in [7, 11) is 0. The van der Waals surface area contributed by atoms with E-state index in [1.807, 2.05) is 19.1 Å². The largest absolute Gasteiger partial charge is 0.378 e. The summed E-state index contributed by atoms with van der Waals surface area (Å²) in [5.74, 6) is -0.167. The molecule has 1 saturated heterocycles. The number of amides is 1. The number of carbonyl (C=O) groups excluding carboxylic acids is 1. The Bertz CT molecular complexity index is 962. The second-order valence-electron chi connectivity index (χ2n) is 6.57. The fraction of sp³-hybridized carbons (Fsp3) is 0.300. The summed E-state index contributed by atoms with van der Waals surface area (Å²) in [6.45, 7) is 5.63. The minimum Gasteiger partial charge on any atom is -0.378 e. The summed E-state index contributed by atoms with van der Waals surface area (Å²) in [5, 5.41) is 3.54. The van der Waals surface area contributed by atoms with Crippen molar-refractivity contribution in [1.29, 1.82) is 0 Å². The van der Waals surface area contributed by atoms with Gasteiger partial charge in [0.15, 0.2) is 0 Å². The highest BCUT2D eigenvalue weighted by Crippen LogP contribution is 2.18. The minimum absolute atomic E-state index is 0.167. The van der Waals surface area contributed by atoms with Gasteiger partial charge in [0.1, 0.15) is 11.3 Å². The average molecular weight is 385 g/mol. The van der Waals surface area contributed by atoms with Crippen LogP contribution < -0.4 is 10.2 Å². The molecular formula is C20H21ClN4O2. The van der Waals surface area contributed by atoms with Crippen LogP contribution in [0, 0.1) is 6.92 Å². The van der Waals surface area contributed by atoms with Gasteiger partial charge in [-0.25, -0.2) is 4.98 Å². The first-order valence-electron chi connectivity index (χ1n) is 8.96. The van der Waals surface area contributed by atoms with Crippen LogP contribution in [-0.2, 0) is 11.3 Å². The fourth-order valence-electron chi connectivity index (χ4n) is 3.32. The first-order chi connectivity index (χ1) is 13.1. The molecule has 1 N–H and O–H groups in total. The van der Waals surface area contributed by atoms with Gasteiger partial charge in [0, 0.05) is 31.5 Å². The smallest absolute Gasteiger partial charge is 0.270 e. The van der Waals surface area contributed by atoms with Crippen LogP contribution >= 0.6 is 11.6 Å². The van der Waals surface area contributed by atoms with Crippen LogP contribution in [0.2, 0.25) is 5.02 Å². The molecule has 0 bridgehead atoms. The Kier molecular flexibility index (Phi) is 5.01. The molecule has 1 aliphatic rings. The zero-order valence-electron chi connectivity index (χ0n) is 15.1. The first-order valence-corrected chi connectivity index (χ1v) is 9.33. The summed E-state index contributed by atoms with van der Waals surface area (Å²) in [4.78, 5) is 19.4. The number of nitrogens with zero attached hydrogens (tertiary/aromatic N) is 3. The van der Waals surface area contributed by atoms with E-state index in [0.717, 1.165) is 31.9 Å². The first kappa shape index (κ1) is 17.8. The van der Waals surface area contributed by atoms with Gasteiger partial charge in [0.2, 0.25) is 0 Å². The second kappa shape index (κ2) is 7.58. The molecule has 1 aliphatic heterocycles. The normalized spacial score (nSPS) is 14.5. The van der Waals surface area contributed by atoms with Gasteiger partial charge in [-0.1, -0.05) is 23.7 Å². The number of aromatic nitrogens is 2. The highest BCUT2D eigenvalue weighted by atomic mass is 35.5. The molecule has 27 heavy (non-hydrogen) atoms. The summed E-state index contributed by atoms with van der Waals surface area (Å²) in [6.07, 6.45) is 1.71. The van der Waals surface area contributed by atoms with Gasteiger partial charge < -0.3 is 15.0 Å². The van der Waals surface area contributed by atoms with E-state index in [9.17, 15) is 4.79 Å². The molecule has 3 heterocycles. The monoisotopic (exact) mass is 384 g/mol. The lowest BCUT2D eigenvalue weighted by Crippen LogP contribution is -2.36. The van der Waals surface area contributed by atoms with Crippen molar-refractivity contribution in [2.75, 3.05) is 31.2 Å². The second-order valence-corrected chi connectivity index (χ2v) is 7.01. The molecule has 140 valence electrons. The lowest BCUT2D eigenvalue weighted by Gasteiger charge is -2.28. The summed E-state index contributed by atoms with van der Waals surface area (Å²) in [6, 6.07) is 11.8. The number of fused-ring (bicyclic) bond motifs is 1. The molecule has 6 nitrogen and oxygen atoms in total. The summed E-state index contributed by atoms with van der Waals surface area (Å²) in [5.41, 5.74) is 4.12. The minimum atomic E-state index is -0.167. The van der Waals surface area contributed by atoms with E-state index in [1.165, 1.54) is 5.69 Å². The zero-order chi connectivity index (χ0) is 18.8. The van der Waals surface area contributed by atoms with Gasteiger partial charge in [-0.3, -0.25) is 9.20 Å². The molecule has 2 aromatic heterocycles. The van der Waals surface area contributed by atoms with Crippen molar-refractivity contribution < 1.29 is 9.53 Å². The Labute approximate surface area is 162 Å². The predicted molar refractivity (Wildman–Crippen MR) is 106 cm³/mol. The third-order valence-electron chi connectivity index (χ3n) is 4.74. The number of halogens is 1. The van der Waals surface area contributed by atoms with Gasteiger partial charge in [-0.05, 0) is 36.8 Å². The van der Waals surface area contributed by atoms with Crippen LogP contribution in [0.3, 0.4) is 0 Å². The zero-order valence-corrected chi connectivity index (χ0v) is 15.9. The molecule has 1 aromatic carbocycles. The molecule has 0 spiro atoms. The van der Waals surface area contributed by atoms with Crippen LogP contribution in [0.1, 0.15) is 21.7 Å². The van der Waals surface area contributed by atoms with Crippen molar-refractivity contribution in [2.24, 2.45) is 0 Å². The third kappa shape index (κ3) is 3.77. The summed E-state index contributed by atoms with van der Waals surface area (Å²) < 4.78 is 7.12. The molecule has 7 heteroatoms. The van der Waals surface area contributed by atoms with Crippen molar-refractivity contribution >= 4 is 28.8 Å². The molecule has 0 aliphatic carbocycles. The Morgan fingerprint density at radius 1 is 1.19 bits per heavy atom. The third-order valence-corrected chi connectivity index (χ3v) is 4.96. The van der Waals surface area contributed by atoms with Crippen LogP contribution in [0.25, 0.3) is 5.65 Å². The van der Waals surface area contributed by atoms with Crippen LogP contribution in [0.15, 0.2) is 42.6 Å². The van der Waals surface area contributed by atoms with Crippen LogP contribution in [0.5, 0.6) is 0 Å². The van der Waals surface area contributed by atoms with E-state index in [-0.39, 0.29) is 5.91 Å². The lowest BCUT2D eigenvalue weighted by molar-refractivity contribution is 0.0944. The van der Waals surface area contributed by atoms with Crippen molar-refractivity contribution in [3.63, 3.8) is 0 Å². The number of nitrogens with one attached hydrogen (secondary N) is 1. The van der Waals surface area contributed by atoms with Crippen molar-refractivity contribution in [1.82, 2.24) is 14.7 Å². The van der Waals surface area contributed by atoms with Gasteiger partial charge in [-0.15, -0.1) is 0 Å². The maximum absolute atomic E-state index is 12.7. The Hall–Kier alpha value is -2.57. The van der Waals surface area contributed by atoms with E-state index < -0.39 is 0 Å². The molecule has 0 radical (unpaired) electrons. The molecule has 3 aromatic rings. The van der Waals surface area contributed by atoms with Gasteiger partial charge in [0.05, 0.1) is 23.9 Å². The van der Waals surface area contributed by atoms with E-state index in [0.29, 0.717) is 28.6 Å². The molecule has 1 fully saturated rings. The molecular weight excluding hydrogens is 364 g/mol. The maximum atomic E-state index is 12.7. The average Bonchev–Trinajstić information content (AvgIpc) is 3.02. The van der Waals surface area contributed by atoms with Crippen molar-refractivity contribution in [3.8, 4) is 0 Å². The van der Waals surface area contributed by atoms with Crippen molar-refractivity contribution in [3.05, 3.63) is 64.6 Å². The van der Waals surface area contributed by atoms with E-state index >= 15 is 0 Å². The van der Waals surface area contributed by atoms with Crippen LogP contribution in [0.4, 0.5) is 5.69 Å². The number of benzene rings is 1. The molecule has 4 rings (SSSR count). The molecule has 0 atom stereocenters. The Morgan fingerprint density at radius 3 is 2.67 bits per heavy atom. The van der Waals surface area contributed by atoms with E-state index in [1.54, 1.807) is 22.7 Å². The van der Waals surface area contributed by atoms with Gasteiger partial charge in [0.25, 0.3) is 5.91 Å². The molecule has 0 unspecified atom stereocenters. The SMILES string of the molecule is Cc1nc2ccc(Cl)cn2c1C(=O)NCc1ccc(N2CCOCC2)cc1. The number of morpholine rings is 1. The number of anilines is 1. The number of imidazole rings is 1. The number of ether oxygens (including phenoxy) is 1. The lowest BCUT2D eigenvalue weighted by atomic mass is 10.2. The van der Waals surface area contributed by atoms with E-state index in [4.69, 9.17) is 16.3 Å². The highest BCUT2D eigenvalue weighted by molar-refractivity contribution is 6.30. The topological polar surface area (TPSA) is 58.9 Å². The van der Waals surface area contributed by atoms with Gasteiger partial charge >= 0.3 is 0 Å². The van der Waals surface area contributed by atoms with Crippen LogP contribution in [-0.4, -0.2) is 41.6 Å². The quantitative estimate of drug-likeness (QED) is 0.751.